The van der Waals surface area contributed by atoms with Gasteiger partial charge in [-0.25, -0.2) is 4.98 Å². The highest BCUT2D eigenvalue weighted by atomic mass is 16.5. The van der Waals surface area contributed by atoms with E-state index in [1.54, 1.807) is 0 Å². The van der Waals surface area contributed by atoms with Crippen LogP contribution in [0.25, 0.3) is 0 Å². The van der Waals surface area contributed by atoms with Crippen molar-refractivity contribution in [2.45, 2.75) is 44.4 Å². The first-order valence-corrected chi connectivity index (χ1v) is 9.01. The van der Waals surface area contributed by atoms with Gasteiger partial charge in [-0.2, -0.15) is 5.10 Å². The van der Waals surface area contributed by atoms with Gasteiger partial charge in [-0.05, 0) is 38.4 Å². The van der Waals surface area contributed by atoms with Crippen molar-refractivity contribution < 1.29 is 4.74 Å². The lowest BCUT2D eigenvalue weighted by Crippen LogP contribution is -2.48. The first-order valence-electron chi connectivity index (χ1n) is 9.01. The molecule has 0 unspecified atom stereocenters. The molecular weight excluding hydrogens is 316 g/mol. The molecule has 0 amide bonds. The molecule has 7 nitrogen and oxygen atoms in total. The van der Waals surface area contributed by atoms with E-state index in [4.69, 9.17) is 4.74 Å². The van der Waals surface area contributed by atoms with Crippen molar-refractivity contribution in [1.29, 1.82) is 0 Å². The maximum Gasteiger partial charge on any atom is 0.148 e. The van der Waals surface area contributed by atoms with Crippen molar-refractivity contribution in [2.75, 3.05) is 25.0 Å². The minimum absolute atomic E-state index is 0.0425. The molecule has 1 N–H and O–H groups in total. The fraction of sp³-hybridized carbons (Fsp3) is 0.611. The van der Waals surface area contributed by atoms with Crippen LogP contribution in [0, 0.1) is 6.92 Å². The summed E-state index contributed by atoms with van der Waals surface area (Å²) in [7, 11) is 2.05. The van der Waals surface area contributed by atoms with Crippen molar-refractivity contribution in [3.63, 3.8) is 0 Å². The molecule has 0 aliphatic carbocycles. The van der Waals surface area contributed by atoms with Crippen LogP contribution >= 0.6 is 0 Å². The number of aromatic nitrogens is 4. The Labute approximate surface area is 148 Å². The molecule has 25 heavy (non-hydrogen) atoms. The standard InChI is InChI=1S/C18H26N6O/c1-14-4-5-16(22-21-14)20-15-10-18(25-12-15)6-3-8-24(13-18)11-17-19-7-9-23(17)2/h4-5,7,9,15H,3,6,8,10-13H2,1-2H3,(H,20,22)/t15-,18+/m1/s1. The van der Waals surface area contributed by atoms with Crippen molar-refractivity contribution in [3.8, 4) is 0 Å². The number of nitrogens with zero attached hydrogens (tertiary/aromatic N) is 5. The van der Waals surface area contributed by atoms with Gasteiger partial charge in [-0.3, -0.25) is 4.90 Å². The lowest BCUT2D eigenvalue weighted by molar-refractivity contribution is -0.0539. The van der Waals surface area contributed by atoms with Gasteiger partial charge in [0.05, 0.1) is 30.5 Å². The maximum absolute atomic E-state index is 6.29. The van der Waals surface area contributed by atoms with Gasteiger partial charge in [0.25, 0.3) is 0 Å². The fourth-order valence-corrected chi connectivity index (χ4v) is 3.98. The summed E-state index contributed by atoms with van der Waals surface area (Å²) in [4.78, 5) is 6.93. The van der Waals surface area contributed by atoms with Crippen LogP contribution in [0.15, 0.2) is 24.5 Å². The highest BCUT2D eigenvalue weighted by Gasteiger charge is 2.43. The molecule has 134 valence electrons. The molecule has 1 spiro atoms. The number of hydrogen-bond acceptors (Lipinski definition) is 6. The van der Waals surface area contributed by atoms with E-state index in [-0.39, 0.29) is 5.60 Å². The zero-order chi connectivity index (χ0) is 17.3. The predicted octanol–water partition coefficient (Wildman–Crippen LogP) is 1.75. The monoisotopic (exact) mass is 342 g/mol. The Hall–Kier alpha value is -1.99. The van der Waals surface area contributed by atoms with Crippen LogP contribution in [0.5, 0.6) is 0 Å². The summed E-state index contributed by atoms with van der Waals surface area (Å²) in [5.74, 6) is 1.94. The average Bonchev–Trinajstić information content (AvgIpc) is 3.17. The molecule has 2 saturated heterocycles. The zero-order valence-electron chi connectivity index (χ0n) is 15.0. The van der Waals surface area contributed by atoms with E-state index < -0.39 is 0 Å². The fourth-order valence-electron chi connectivity index (χ4n) is 3.98. The van der Waals surface area contributed by atoms with Crippen molar-refractivity contribution >= 4 is 5.82 Å². The Morgan fingerprint density at radius 1 is 1.36 bits per heavy atom. The van der Waals surface area contributed by atoms with Crippen molar-refractivity contribution in [1.82, 2.24) is 24.6 Å². The van der Waals surface area contributed by atoms with Gasteiger partial charge in [0.1, 0.15) is 11.6 Å². The number of ether oxygens (including phenoxy) is 1. The van der Waals surface area contributed by atoms with E-state index in [1.807, 2.05) is 31.5 Å². The SMILES string of the molecule is Cc1ccc(N[C@H]2CO[C@@]3(CCCN(Cc4nccn4C)C3)C2)nn1. The molecule has 4 rings (SSSR count). The second kappa shape index (κ2) is 6.72. The zero-order valence-corrected chi connectivity index (χ0v) is 15.0. The molecule has 2 atom stereocenters. The third-order valence-electron chi connectivity index (χ3n) is 5.26. The summed E-state index contributed by atoms with van der Waals surface area (Å²) < 4.78 is 8.38. The van der Waals surface area contributed by atoms with Crippen molar-refractivity contribution in [2.24, 2.45) is 7.05 Å². The Kier molecular flexibility index (Phi) is 4.43. The molecule has 4 heterocycles. The smallest absolute Gasteiger partial charge is 0.148 e. The van der Waals surface area contributed by atoms with E-state index >= 15 is 0 Å². The second-order valence-electron chi connectivity index (χ2n) is 7.37. The van der Waals surface area contributed by atoms with Crippen LogP contribution in [0.2, 0.25) is 0 Å². The van der Waals surface area contributed by atoms with Gasteiger partial charge in [0, 0.05) is 32.4 Å². The first-order chi connectivity index (χ1) is 12.1. The van der Waals surface area contributed by atoms with Crippen LogP contribution in [-0.4, -0.2) is 56.0 Å². The van der Waals surface area contributed by atoms with Crippen LogP contribution < -0.4 is 5.32 Å². The lowest BCUT2D eigenvalue weighted by atomic mass is 9.88. The third kappa shape index (κ3) is 3.67. The molecule has 7 heteroatoms. The number of nitrogens with one attached hydrogen (secondary N) is 1. The largest absolute Gasteiger partial charge is 0.371 e. The molecule has 2 aliphatic heterocycles. The summed E-state index contributed by atoms with van der Waals surface area (Å²) in [5, 5.41) is 11.8. The number of hydrogen-bond donors (Lipinski definition) is 1. The minimum Gasteiger partial charge on any atom is -0.371 e. The molecule has 2 aromatic heterocycles. The Bertz CT molecular complexity index is 715. The van der Waals surface area contributed by atoms with Crippen LogP contribution in [0.3, 0.4) is 0 Å². The molecule has 0 radical (unpaired) electrons. The quantitative estimate of drug-likeness (QED) is 0.913. The van der Waals surface area contributed by atoms with E-state index in [0.717, 1.165) is 56.4 Å². The molecule has 2 fully saturated rings. The predicted molar refractivity (Wildman–Crippen MR) is 95.2 cm³/mol. The summed E-state index contributed by atoms with van der Waals surface area (Å²) in [6, 6.07) is 4.27. The summed E-state index contributed by atoms with van der Waals surface area (Å²) in [6.45, 7) is 5.64. The highest BCUT2D eigenvalue weighted by molar-refractivity contribution is 5.34. The Morgan fingerprint density at radius 2 is 2.28 bits per heavy atom. The number of likely N-dealkylation sites (tertiary alicyclic amines) is 1. The molecule has 2 aliphatic rings. The number of imidazole rings is 1. The van der Waals surface area contributed by atoms with Crippen LogP contribution in [0.1, 0.15) is 30.8 Å². The minimum atomic E-state index is -0.0425. The normalized spacial score (nSPS) is 27.0. The molecule has 0 saturated carbocycles. The van der Waals surface area contributed by atoms with E-state index in [9.17, 15) is 0 Å². The number of rotatable bonds is 4. The molecular formula is C18H26N6O. The van der Waals surface area contributed by atoms with Gasteiger partial charge in [0.2, 0.25) is 0 Å². The van der Waals surface area contributed by atoms with Gasteiger partial charge >= 0.3 is 0 Å². The molecule has 2 aromatic rings. The van der Waals surface area contributed by atoms with Gasteiger partial charge in [0.15, 0.2) is 0 Å². The maximum atomic E-state index is 6.29. The lowest BCUT2D eigenvalue weighted by Gasteiger charge is -2.39. The summed E-state index contributed by atoms with van der Waals surface area (Å²) in [6.07, 6.45) is 7.18. The third-order valence-corrected chi connectivity index (χ3v) is 5.26. The number of anilines is 1. The summed E-state index contributed by atoms with van der Waals surface area (Å²) in [5.41, 5.74) is 0.890. The first kappa shape index (κ1) is 16.5. The Morgan fingerprint density at radius 3 is 3.04 bits per heavy atom. The number of piperidine rings is 1. The van der Waals surface area contributed by atoms with Crippen molar-refractivity contribution in [3.05, 3.63) is 36.0 Å². The van der Waals surface area contributed by atoms with Crippen LogP contribution in [-0.2, 0) is 18.3 Å². The van der Waals surface area contributed by atoms with Gasteiger partial charge in [-0.15, -0.1) is 5.10 Å². The van der Waals surface area contributed by atoms with Gasteiger partial charge < -0.3 is 14.6 Å². The second-order valence-corrected chi connectivity index (χ2v) is 7.37. The molecule has 0 aromatic carbocycles. The summed E-state index contributed by atoms with van der Waals surface area (Å²) >= 11 is 0. The van der Waals surface area contributed by atoms with Gasteiger partial charge in [-0.1, -0.05) is 0 Å². The number of aryl methyl sites for hydroxylation is 2. The van der Waals surface area contributed by atoms with Crippen LogP contribution in [0.4, 0.5) is 5.82 Å². The van der Waals surface area contributed by atoms with E-state index in [0.29, 0.717) is 6.04 Å². The van der Waals surface area contributed by atoms with E-state index in [1.165, 1.54) is 6.42 Å². The van der Waals surface area contributed by atoms with E-state index in [2.05, 4.69) is 37.0 Å². The molecule has 0 bridgehead atoms. The average molecular weight is 342 g/mol. The topological polar surface area (TPSA) is 68.1 Å². The highest BCUT2D eigenvalue weighted by Crippen LogP contribution is 2.36. The Balaban J connectivity index is 1.37.